The van der Waals surface area contributed by atoms with E-state index >= 15 is 0 Å². The first-order valence-electron chi connectivity index (χ1n) is 9.24. The summed E-state index contributed by atoms with van der Waals surface area (Å²) < 4.78 is 18.2. The van der Waals surface area contributed by atoms with Crippen molar-refractivity contribution in [1.29, 1.82) is 0 Å². The summed E-state index contributed by atoms with van der Waals surface area (Å²) in [4.78, 5) is 25.7. The smallest absolute Gasteiger partial charge is 0.255 e. The topological polar surface area (TPSA) is 67.4 Å². The van der Waals surface area contributed by atoms with Crippen molar-refractivity contribution in [2.24, 2.45) is 0 Å². The molecule has 0 fully saturated rings. The van der Waals surface area contributed by atoms with Crippen molar-refractivity contribution in [3.8, 4) is 5.75 Å². The summed E-state index contributed by atoms with van der Waals surface area (Å²) in [6, 6.07) is 19.8. The molecule has 0 bridgehead atoms. The first kappa shape index (κ1) is 21.4. The van der Waals surface area contributed by atoms with Crippen molar-refractivity contribution in [2.75, 3.05) is 17.7 Å². The van der Waals surface area contributed by atoms with Gasteiger partial charge in [-0.1, -0.05) is 12.1 Å². The summed E-state index contributed by atoms with van der Waals surface area (Å²) in [7, 11) is 1.54. The van der Waals surface area contributed by atoms with Crippen LogP contribution >= 0.6 is 11.8 Å². The van der Waals surface area contributed by atoms with Crippen molar-refractivity contribution in [1.82, 2.24) is 0 Å². The fraction of sp³-hybridized carbons (Fsp3) is 0.130. The Bertz CT molecular complexity index is 1020. The molecule has 7 heteroatoms. The molecule has 0 radical (unpaired) electrons. The summed E-state index contributed by atoms with van der Waals surface area (Å²) in [6.45, 7) is 1.78. The molecule has 0 saturated heterocycles. The average Bonchev–Trinajstić information content (AvgIpc) is 2.76. The van der Waals surface area contributed by atoms with Gasteiger partial charge in [0.1, 0.15) is 11.6 Å². The Balaban J connectivity index is 1.58. The van der Waals surface area contributed by atoms with Crippen LogP contribution < -0.4 is 15.4 Å². The molecule has 2 amide bonds. The molecule has 30 heavy (non-hydrogen) atoms. The Labute approximate surface area is 178 Å². The Morgan fingerprint density at radius 3 is 2.27 bits per heavy atom. The second-order valence-corrected chi connectivity index (χ2v) is 7.85. The molecule has 3 aromatic carbocycles. The molecule has 3 rings (SSSR count). The molecule has 0 unspecified atom stereocenters. The predicted octanol–water partition coefficient (Wildman–Crippen LogP) is 5.21. The van der Waals surface area contributed by atoms with Crippen LogP contribution in [0.2, 0.25) is 0 Å². The van der Waals surface area contributed by atoms with Gasteiger partial charge in [0.05, 0.1) is 18.0 Å². The normalized spacial score (nSPS) is 11.4. The summed E-state index contributed by atoms with van der Waals surface area (Å²) in [6.07, 6.45) is 0. The fourth-order valence-electron chi connectivity index (χ4n) is 2.66. The lowest BCUT2D eigenvalue weighted by molar-refractivity contribution is -0.115. The Morgan fingerprint density at radius 1 is 0.933 bits per heavy atom. The van der Waals surface area contributed by atoms with E-state index in [2.05, 4.69) is 10.6 Å². The molecule has 2 N–H and O–H groups in total. The highest BCUT2D eigenvalue weighted by atomic mass is 32.2. The van der Waals surface area contributed by atoms with Crippen LogP contribution in [0.5, 0.6) is 5.75 Å². The molecule has 0 saturated carbocycles. The largest absolute Gasteiger partial charge is 0.495 e. The minimum Gasteiger partial charge on any atom is -0.495 e. The molecule has 0 aliphatic heterocycles. The number of halogens is 1. The van der Waals surface area contributed by atoms with E-state index in [1.165, 1.54) is 31.0 Å². The molecular formula is C23H21FN2O3S. The maximum atomic E-state index is 13.0. The predicted molar refractivity (Wildman–Crippen MR) is 118 cm³/mol. The van der Waals surface area contributed by atoms with Gasteiger partial charge in [-0.3, -0.25) is 9.59 Å². The van der Waals surface area contributed by atoms with Gasteiger partial charge in [-0.2, -0.15) is 0 Å². The zero-order chi connectivity index (χ0) is 21.5. The number of methoxy groups -OCH3 is 1. The summed E-state index contributed by atoms with van der Waals surface area (Å²) in [5, 5.41) is 5.26. The number of hydrogen-bond donors (Lipinski definition) is 2. The zero-order valence-corrected chi connectivity index (χ0v) is 17.3. The second-order valence-electron chi connectivity index (χ2n) is 6.44. The number of rotatable bonds is 7. The van der Waals surface area contributed by atoms with Gasteiger partial charge in [0.15, 0.2) is 0 Å². The number of para-hydroxylation sites is 2. The van der Waals surface area contributed by atoms with Crippen molar-refractivity contribution in [3.05, 3.63) is 84.2 Å². The molecule has 0 aliphatic carbocycles. The van der Waals surface area contributed by atoms with E-state index < -0.39 is 0 Å². The van der Waals surface area contributed by atoms with Gasteiger partial charge in [0.25, 0.3) is 5.91 Å². The molecule has 0 heterocycles. The van der Waals surface area contributed by atoms with E-state index in [0.717, 1.165) is 4.90 Å². The zero-order valence-electron chi connectivity index (χ0n) is 16.5. The summed E-state index contributed by atoms with van der Waals surface area (Å²) >= 11 is 1.34. The van der Waals surface area contributed by atoms with Crippen LogP contribution in [0.1, 0.15) is 17.3 Å². The average molecular weight is 424 g/mol. The lowest BCUT2D eigenvalue weighted by Crippen LogP contribution is -2.22. The number of thioether (sulfide) groups is 1. The highest BCUT2D eigenvalue weighted by molar-refractivity contribution is 8.00. The summed E-state index contributed by atoms with van der Waals surface area (Å²) in [5.41, 5.74) is 1.61. The van der Waals surface area contributed by atoms with Gasteiger partial charge >= 0.3 is 0 Å². The number of ether oxygens (including phenoxy) is 1. The molecule has 154 valence electrons. The SMILES string of the molecule is COc1ccccc1NC(=O)c1ccc(NC(=O)[C@@H](C)Sc2ccc(F)cc2)cc1. The highest BCUT2D eigenvalue weighted by Gasteiger charge is 2.15. The van der Waals surface area contributed by atoms with E-state index in [4.69, 9.17) is 4.74 Å². The second kappa shape index (κ2) is 9.93. The number of nitrogens with one attached hydrogen (secondary N) is 2. The third-order valence-corrected chi connectivity index (χ3v) is 5.38. The molecule has 3 aromatic rings. The summed E-state index contributed by atoms with van der Waals surface area (Å²) in [5.74, 6) is -0.207. The number of amides is 2. The number of hydrogen-bond acceptors (Lipinski definition) is 4. The van der Waals surface area contributed by atoms with Gasteiger partial charge in [0.2, 0.25) is 5.91 Å². The van der Waals surface area contributed by atoms with Gasteiger partial charge < -0.3 is 15.4 Å². The van der Waals surface area contributed by atoms with Gasteiger partial charge in [-0.25, -0.2) is 4.39 Å². The van der Waals surface area contributed by atoms with Crippen molar-refractivity contribution < 1.29 is 18.7 Å². The van der Waals surface area contributed by atoms with Gasteiger partial charge in [-0.05, 0) is 67.6 Å². The Hall–Kier alpha value is -3.32. The van der Waals surface area contributed by atoms with Crippen LogP contribution in [0.3, 0.4) is 0 Å². The van der Waals surface area contributed by atoms with Crippen LogP contribution in [0.15, 0.2) is 77.7 Å². The maximum absolute atomic E-state index is 13.0. The highest BCUT2D eigenvalue weighted by Crippen LogP contribution is 2.25. The molecule has 0 spiro atoms. The van der Waals surface area contributed by atoms with Crippen LogP contribution in [0.25, 0.3) is 0 Å². The number of carbonyl (C=O) groups excluding carboxylic acids is 2. The van der Waals surface area contributed by atoms with E-state index in [0.29, 0.717) is 22.7 Å². The third-order valence-electron chi connectivity index (χ3n) is 4.27. The van der Waals surface area contributed by atoms with Crippen LogP contribution in [0, 0.1) is 5.82 Å². The van der Waals surface area contributed by atoms with E-state index in [-0.39, 0.29) is 22.9 Å². The van der Waals surface area contributed by atoms with Crippen molar-refractivity contribution in [3.63, 3.8) is 0 Å². The number of anilines is 2. The van der Waals surface area contributed by atoms with E-state index in [1.54, 1.807) is 55.5 Å². The lowest BCUT2D eigenvalue weighted by atomic mass is 10.2. The first-order valence-corrected chi connectivity index (χ1v) is 10.1. The minimum absolute atomic E-state index is 0.185. The quantitative estimate of drug-likeness (QED) is 0.511. The third kappa shape index (κ3) is 5.61. The minimum atomic E-state index is -0.371. The van der Waals surface area contributed by atoms with Crippen molar-refractivity contribution >= 4 is 35.0 Å². The van der Waals surface area contributed by atoms with E-state index in [9.17, 15) is 14.0 Å². The fourth-order valence-corrected chi connectivity index (χ4v) is 3.53. The number of benzene rings is 3. The van der Waals surface area contributed by atoms with Crippen molar-refractivity contribution in [2.45, 2.75) is 17.1 Å². The van der Waals surface area contributed by atoms with Gasteiger partial charge in [0, 0.05) is 16.1 Å². The van der Waals surface area contributed by atoms with Crippen LogP contribution in [-0.2, 0) is 4.79 Å². The Kier molecular flexibility index (Phi) is 7.08. The van der Waals surface area contributed by atoms with Crippen LogP contribution in [-0.4, -0.2) is 24.2 Å². The maximum Gasteiger partial charge on any atom is 0.255 e. The number of carbonyl (C=O) groups is 2. The molecule has 0 aromatic heterocycles. The Morgan fingerprint density at radius 2 is 1.60 bits per heavy atom. The molecular weight excluding hydrogens is 403 g/mol. The molecule has 0 aliphatic rings. The standard InChI is InChI=1S/C23H21FN2O3S/c1-15(30-19-13-9-17(24)10-14-19)22(27)25-18-11-7-16(8-12-18)23(28)26-20-5-3-4-6-21(20)29-2/h3-15H,1-2H3,(H,25,27)(H,26,28)/t15-/m1/s1. The lowest BCUT2D eigenvalue weighted by Gasteiger charge is -2.13. The molecule has 1 atom stereocenters. The van der Waals surface area contributed by atoms with Crippen LogP contribution in [0.4, 0.5) is 15.8 Å². The molecule has 5 nitrogen and oxygen atoms in total. The van der Waals surface area contributed by atoms with Gasteiger partial charge in [-0.15, -0.1) is 11.8 Å². The first-order chi connectivity index (χ1) is 14.5. The van der Waals surface area contributed by atoms with E-state index in [1.807, 2.05) is 12.1 Å². The monoisotopic (exact) mass is 424 g/mol.